The summed E-state index contributed by atoms with van der Waals surface area (Å²) >= 11 is 0. The fourth-order valence-electron chi connectivity index (χ4n) is 2.98. The van der Waals surface area contributed by atoms with E-state index in [2.05, 4.69) is 35.2 Å². The van der Waals surface area contributed by atoms with Gasteiger partial charge in [-0.15, -0.1) is 0 Å². The summed E-state index contributed by atoms with van der Waals surface area (Å²) in [5.74, 6) is 0.254. The fraction of sp³-hybridized carbons (Fsp3) is 0.588. The van der Waals surface area contributed by atoms with Crippen molar-refractivity contribution in [1.82, 2.24) is 4.90 Å². The van der Waals surface area contributed by atoms with Gasteiger partial charge in [-0.25, -0.2) is 0 Å². The summed E-state index contributed by atoms with van der Waals surface area (Å²) in [7, 11) is 0. The van der Waals surface area contributed by atoms with Gasteiger partial charge >= 0.3 is 0 Å². The number of primary amides is 1. The predicted molar refractivity (Wildman–Crippen MR) is 85.9 cm³/mol. The molecule has 2 rings (SSSR count). The number of amides is 1. The van der Waals surface area contributed by atoms with Crippen molar-refractivity contribution in [3.63, 3.8) is 0 Å². The Morgan fingerprint density at radius 2 is 2.05 bits per heavy atom. The number of nitrogens with two attached hydrogens (primary N) is 2. The van der Waals surface area contributed by atoms with Crippen LogP contribution in [0.15, 0.2) is 30.3 Å². The second-order valence-electron chi connectivity index (χ2n) is 6.44. The predicted octanol–water partition coefficient (Wildman–Crippen LogP) is 1.85. The quantitative estimate of drug-likeness (QED) is 0.752. The topological polar surface area (TPSA) is 72.3 Å². The highest BCUT2D eigenvalue weighted by Gasteiger charge is 2.26. The summed E-state index contributed by atoms with van der Waals surface area (Å²) < 4.78 is 0. The van der Waals surface area contributed by atoms with Gasteiger partial charge < -0.3 is 16.4 Å². The number of rotatable bonds is 7. The molecule has 1 heterocycles. The number of benzene rings is 1. The Kier molecular flexibility index (Phi) is 5.37. The molecule has 2 unspecified atom stereocenters. The van der Waals surface area contributed by atoms with Gasteiger partial charge in [0.2, 0.25) is 5.91 Å². The first-order chi connectivity index (χ1) is 9.99. The van der Waals surface area contributed by atoms with E-state index < -0.39 is 11.4 Å². The fourth-order valence-corrected chi connectivity index (χ4v) is 2.98. The van der Waals surface area contributed by atoms with Crippen LogP contribution in [0.3, 0.4) is 0 Å². The second kappa shape index (κ2) is 7.05. The Bertz CT molecular complexity index is 458. The van der Waals surface area contributed by atoms with E-state index in [1.54, 1.807) is 6.92 Å². The third-order valence-electron chi connectivity index (χ3n) is 4.53. The van der Waals surface area contributed by atoms with Crippen LogP contribution < -0.4 is 11.5 Å². The van der Waals surface area contributed by atoms with Crippen LogP contribution in [-0.2, 0) is 4.79 Å². The Morgan fingerprint density at radius 3 is 2.71 bits per heavy atom. The first-order valence-corrected chi connectivity index (χ1v) is 7.85. The number of likely N-dealkylation sites (tertiary alicyclic amines) is 1. The lowest BCUT2D eigenvalue weighted by molar-refractivity contribution is -0.122. The van der Waals surface area contributed by atoms with E-state index in [4.69, 9.17) is 11.5 Å². The van der Waals surface area contributed by atoms with Crippen molar-refractivity contribution in [2.24, 2.45) is 11.5 Å². The van der Waals surface area contributed by atoms with Crippen molar-refractivity contribution in [3.8, 4) is 0 Å². The minimum atomic E-state index is -0.864. The summed E-state index contributed by atoms with van der Waals surface area (Å²) in [6, 6.07) is 10.7. The monoisotopic (exact) mass is 289 g/mol. The summed E-state index contributed by atoms with van der Waals surface area (Å²) in [5, 5.41) is 0. The average Bonchev–Trinajstić information content (AvgIpc) is 2.93. The molecule has 4 N–H and O–H groups in total. The SMILES string of the molecule is CC(N)(CCCCN1CCC(c2ccccc2)C1)C(N)=O. The normalized spacial score (nSPS) is 22.1. The molecule has 0 aliphatic carbocycles. The third kappa shape index (κ3) is 4.55. The minimum Gasteiger partial charge on any atom is -0.368 e. The number of hydrogen-bond acceptors (Lipinski definition) is 3. The Balaban J connectivity index is 1.68. The van der Waals surface area contributed by atoms with Crippen molar-refractivity contribution in [1.29, 1.82) is 0 Å². The van der Waals surface area contributed by atoms with Crippen molar-refractivity contribution < 1.29 is 4.79 Å². The van der Waals surface area contributed by atoms with Crippen LogP contribution in [-0.4, -0.2) is 36.0 Å². The molecule has 1 aromatic carbocycles. The van der Waals surface area contributed by atoms with E-state index in [9.17, 15) is 4.79 Å². The standard InChI is InChI=1S/C17H27N3O/c1-17(19,16(18)21)10-5-6-11-20-12-9-15(13-20)14-7-3-2-4-8-14/h2-4,7-8,15H,5-6,9-13,19H2,1H3,(H2,18,21). The van der Waals surface area contributed by atoms with Crippen molar-refractivity contribution in [2.75, 3.05) is 19.6 Å². The highest BCUT2D eigenvalue weighted by atomic mass is 16.1. The number of unbranched alkanes of at least 4 members (excludes halogenated alkanes) is 1. The van der Waals surface area contributed by atoms with Gasteiger partial charge in [-0.2, -0.15) is 0 Å². The Labute approximate surface area is 127 Å². The van der Waals surface area contributed by atoms with E-state index in [1.807, 2.05) is 0 Å². The summed E-state index contributed by atoms with van der Waals surface area (Å²) in [6.45, 7) is 5.10. The molecule has 21 heavy (non-hydrogen) atoms. The van der Waals surface area contributed by atoms with Gasteiger partial charge in [-0.3, -0.25) is 4.79 Å². The third-order valence-corrected chi connectivity index (χ3v) is 4.53. The largest absolute Gasteiger partial charge is 0.368 e. The molecule has 1 fully saturated rings. The zero-order valence-electron chi connectivity index (χ0n) is 12.9. The van der Waals surface area contributed by atoms with Crippen LogP contribution in [0.4, 0.5) is 0 Å². The van der Waals surface area contributed by atoms with Crippen LogP contribution >= 0.6 is 0 Å². The lowest BCUT2D eigenvalue weighted by Gasteiger charge is -2.21. The average molecular weight is 289 g/mol. The zero-order chi connectivity index (χ0) is 15.3. The molecule has 4 heteroatoms. The molecular weight excluding hydrogens is 262 g/mol. The Hall–Kier alpha value is -1.39. The van der Waals surface area contributed by atoms with E-state index >= 15 is 0 Å². The molecule has 2 atom stereocenters. The second-order valence-corrected chi connectivity index (χ2v) is 6.44. The summed E-state index contributed by atoms with van der Waals surface area (Å²) in [4.78, 5) is 13.7. The number of hydrogen-bond donors (Lipinski definition) is 2. The number of nitrogens with zero attached hydrogens (tertiary/aromatic N) is 1. The molecule has 0 spiro atoms. The summed E-state index contributed by atoms with van der Waals surface area (Å²) in [6.07, 6.45) is 3.92. The van der Waals surface area contributed by atoms with E-state index in [0.717, 1.165) is 32.5 Å². The van der Waals surface area contributed by atoms with E-state index in [0.29, 0.717) is 12.3 Å². The lowest BCUT2D eigenvalue weighted by atomic mass is 9.95. The first-order valence-electron chi connectivity index (χ1n) is 7.85. The first kappa shape index (κ1) is 16.0. The lowest BCUT2D eigenvalue weighted by Crippen LogP contribution is -2.49. The van der Waals surface area contributed by atoms with Crippen molar-refractivity contribution in [2.45, 2.75) is 44.1 Å². The maximum atomic E-state index is 11.2. The summed E-state index contributed by atoms with van der Waals surface area (Å²) in [5.41, 5.74) is 11.7. The highest BCUT2D eigenvalue weighted by Crippen LogP contribution is 2.27. The molecular formula is C17H27N3O. The molecule has 1 saturated heterocycles. The Morgan fingerprint density at radius 1 is 1.33 bits per heavy atom. The smallest absolute Gasteiger partial charge is 0.237 e. The van der Waals surface area contributed by atoms with Gasteiger partial charge in [0.25, 0.3) is 0 Å². The maximum Gasteiger partial charge on any atom is 0.237 e. The van der Waals surface area contributed by atoms with Crippen LogP contribution in [0.25, 0.3) is 0 Å². The maximum absolute atomic E-state index is 11.2. The molecule has 1 amide bonds. The van der Waals surface area contributed by atoms with Crippen LogP contribution in [0.1, 0.15) is 44.1 Å². The van der Waals surface area contributed by atoms with Crippen LogP contribution in [0, 0.1) is 0 Å². The number of carbonyl (C=O) groups excluding carboxylic acids is 1. The van der Waals surface area contributed by atoms with Gasteiger partial charge in [-0.05, 0) is 57.2 Å². The van der Waals surface area contributed by atoms with Crippen molar-refractivity contribution in [3.05, 3.63) is 35.9 Å². The molecule has 1 aliphatic heterocycles. The van der Waals surface area contributed by atoms with Gasteiger partial charge in [0.1, 0.15) is 0 Å². The van der Waals surface area contributed by atoms with Crippen LogP contribution in [0.5, 0.6) is 0 Å². The van der Waals surface area contributed by atoms with Gasteiger partial charge in [0.05, 0.1) is 5.54 Å². The molecule has 1 aromatic rings. The van der Waals surface area contributed by atoms with Gasteiger partial charge in [0.15, 0.2) is 0 Å². The number of carbonyl (C=O) groups is 1. The molecule has 1 aliphatic rings. The van der Waals surface area contributed by atoms with E-state index in [-0.39, 0.29) is 0 Å². The molecule has 0 saturated carbocycles. The molecule has 0 aromatic heterocycles. The van der Waals surface area contributed by atoms with Crippen molar-refractivity contribution >= 4 is 5.91 Å². The van der Waals surface area contributed by atoms with Crippen LogP contribution in [0.2, 0.25) is 0 Å². The molecule has 4 nitrogen and oxygen atoms in total. The molecule has 0 bridgehead atoms. The molecule has 116 valence electrons. The van der Waals surface area contributed by atoms with Gasteiger partial charge in [-0.1, -0.05) is 30.3 Å². The zero-order valence-corrected chi connectivity index (χ0v) is 12.9. The highest BCUT2D eigenvalue weighted by molar-refractivity contribution is 5.83. The minimum absolute atomic E-state index is 0.409. The van der Waals surface area contributed by atoms with E-state index in [1.165, 1.54) is 12.0 Å². The van der Waals surface area contributed by atoms with Gasteiger partial charge in [0, 0.05) is 6.54 Å². The molecule has 0 radical (unpaired) electrons.